The summed E-state index contributed by atoms with van der Waals surface area (Å²) >= 11 is 1.79. The van der Waals surface area contributed by atoms with E-state index in [1.54, 1.807) is 11.8 Å². The lowest BCUT2D eigenvalue weighted by Gasteiger charge is -2.16. The minimum Gasteiger partial charge on any atom is -0.469 e. The Labute approximate surface area is 103 Å². The Hall–Kier alpha value is -1.08. The molecule has 0 bridgehead atoms. The largest absolute Gasteiger partial charge is 0.469 e. The quantitative estimate of drug-likeness (QED) is 0.784. The van der Waals surface area contributed by atoms with Gasteiger partial charge in [-0.25, -0.2) is 0 Å². The van der Waals surface area contributed by atoms with E-state index in [2.05, 4.69) is 14.9 Å². The van der Waals surface area contributed by atoms with E-state index in [9.17, 15) is 4.79 Å². The molecule has 0 amide bonds. The van der Waals surface area contributed by atoms with Crippen molar-refractivity contribution in [3.63, 3.8) is 0 Å². The third-order valence-corrected chi connectivity index (χ3v) is 3.95. The highest BCUT2D eigenvalue weighted by Crippen LogP contribution is 2.32. The summed E-state index contributed by atoms with van der Waals surface area (Å²) in [6.07, 6.45) is 1.49. The Morgan fingerprint density at radius 2 is 2.53 bits per heavy atom. The number of ether oxygens (including phenoxy) is 1. The lowest BCUT2D eigenvalue weighted by Crippen LogP contribution is -2.37. The predicted octanol–water partition coefficient (Wildman–Crippen LogP) is 0.466. The SMILES string of the molecule is COC(=O)CCc1nc(C2(N)CCSC2)no1. The molecule has 0 spiro atoms. The van der Waals surface area contributed by atoms with Crippen LogP contribution in [0.3, 0.4) is 0 Å². The van der Waals surface area contributed by atoms with Crippen molar-refractivity contribution in [1.82, 2.24) is 10.1 Å². The van der Waals surface area contributed by atoms with Crippen LogP contribution in [0.4, 0.5) is 0 Å². The Kier molecular flexibility index (Phi) is 3.68. The zero-order valence-corrected chi connectivity index (χ0v) is 10.5. The average Bonchev–Trinajstić information content (AvgIpc) is 2.95. The van der Waals surface area contributed by atoms with Gasteiger partial charge in [0.05, 0.1) is 19.1 Å². The van der Waals surface area contributed by atoms with Crippen LogP contribution in [0.5, 0.6) is 0 Å². The van der Waals surface area contributed by atoms with E-state index in [4.69, 9.17) is 10.3 Å². The Morgan fingerprint density at radius 1 is 1.71 bits per heavy atom. The van der Waals surface area contributed by atoms with Gasteiger partial charge in [-0.3, -0.25) is 4.79 Å². The van der Waals surface area contributed by atoms with Crippen molar-refractivity contribution in [2.45, 2.75) is 24.8 Å². The van der Waals surface area contributed by atoms with Crippen molar-refractivity contribution < 1.29 is 14.1 Å². The number of thioether (sulfide) groups is 1. The number of hydrogen-bond donors (Lipinski definition) is 1. The zero-order valence-electron chi connectivity index (χ0n) is 9.64. The van der Waals surface area contributed by atoms with E-state index in [1.807, 2.05) is 0 Å². The van der Waals surface area contributed by atoms with Crippen molar-refractivity contribution in [1.29, 1.82) is 0 Å². The fraction of sp³-hybridized carbons (Fsp3) is 0.700. The monoisotopic (exact) mass is 257 g/mol. The van der Waals surface area contributed by atoms with Gasteiger partial charge >= 0.3 is 5.97 Å². The van der Waals surface area contributed by atoms with Crippen LogP contribution < -0.4 is 5.73 Å². The second kappa shape index (κ2) is 5.05. The molecule has 0 aromatic carbocycles. The molecule has 2 heterocycles. The number of carbonyl (C=O) groups is 1. The number of hydrogen-bond acceptors (Lipinski definition) is 7. The molecular weight excluding hydrogens is 242 g/mol. The lowest BCUT2D eigenvalue weighted by atomic mass is 10.00. The summed E-state index contributed by atoms with van der Waals surface area (Å²) in [5.41, 5.74) is 5.70. The molecule has 1 aromatic rings. The number of nitrogens with zero attached hydrogens (tertiary/aromatic N) is 2. The molecule has 17 heavy (non-hydrogen) atoms. The Balaban J connectivity index is 1.98. The zero-order chi connectivity index (χ0) is 12.3. The molecule has 1 saturated heterocycles. The Bertz CT molecular complexity index is 401. The molecule has 94 valence electrons. The third kappa shape index (κ3) is 2.78. The first-order valence-electron chi connectivity index (χ1n) is 5.40. The number of nitrogens with two attached hydrogens (primary N) is 1. The van der Waals surface area contributed by atoms with Crippen LogP contribution in [-0.4, -0.2) is 34.7 Å². The van der Waals surface area contributed by atoms with Gasteiger partial charge in [0.2, 0.25) is 5.89 Å². The highest BCUT2D eigenvalue weighted by atomic mass is 32.2. The first-order valence-corrected chi connectivity index (χ1v) is 6.56. The summed E-state index contributed by atoms with van der Waals surface area (Å²) in [6.45, 7) is 0. The molecule has 1 unspecified atom stereocenters. The molecule has 6 nitrogen and oxygen atoms in total. The topological polar surface area (TPSA) is 91.2 Å². The molecule has 2 rings (SSSR count). The van der Waals surface area contributed by atoms with Crippen LogP contribution in [0.15, 0.2) is 4.52 Å². The molecular formula is C10H15N3O3S. The second-order valence-electron chi connectivity index (χ2n) is 4.05. The van der Waals surface area contributed by atoms with Gasteiger partial charge in [0.1, 0.15) is 0 Å². The van der Waals surface area contributed by atoms with Crippen LogP contribution >= 0.6 is 11.8 Å². The fourth-order valence-corrected chi connectivity index (χ4v) is 2.92. The average molecular weight is 257 g/mol. The van der Waals surface area contributed by atoms with Crippen LogP contribution in [-0.2, 0) is 21.5 Å². The standard InChI is InChI=1S/C10H15N3O3S/c1-15-8(14)3-2-7-12-9(13-16-7)10(11)4-5-17-6-10/h2-6,11H2,1H3. The highest BCUT2D eigenvalue weighted by Gasteiger charge is 2.36. The first kappa shape index (κ1) is 12.4. The summed E-state index contributed by atoms with van der Waals surface area (Å²) in [4.78, 5) is 15.2. The number of rotatable bonds is 4. The van der Waals surface area contributed by atoms with Gasteiger partial charge in [-0.1, -0.05) is 5.16 Å². The van der Waals surface area contributed by atoms with E-state index in [1.165, 1.54) is 7.11 Å². The van der Waals surface area contributed by atoms with Gasteiger partial charge in [0, 0.05) is 12.2 Å². The minimum absolute atomic E-state index is 0.241. The first-order chi connectivity index (χ1) is 8.14. The number of methoxy groups -OCH3 is 1. The maximum Gasteiger partial charge on any atom is 0.306 e. The lowest BCUT2D eigenvalue weighted by molar-refractivity contribution is -0.140. The van der Waals surface area contributed by atoms with Crippen LogP contribution in [0.25, 0.3) is 0 Å². The molecule has 7 heteroatoms. The molecule has 1 aliphatic rings. The molecule has 1 fully saturated rings. The molecule has 1 aromatic heterocycles. The maximum atomic E-state index is 11.0. The third-order valence-electron chi connectivity index (χ3n) is 2.74. The van der Waals surface area contributed by atoms with E-state index >= 15 is 0 Å². The van der Waals surface area contributed by atoms with Gasteiger partial charge < -0.3 is 15.0 Å². The summed E-state index contributed by atoms with van der Waals surface area (Å²) in [7, 11) is 1.35. The predicted molar refractivity (Wildman–Crippen MR) is 62.4 cm³/mol. The normalized spacial score (nSPS) is 23.9. The molecule has 0 aliphatic carbocycles. The van der Waals surface area contributed by atoms with Crippen molar-refractivity contribution in [3.05, 3.63) is 11.7 Å². The van der Waals surface area contributed by atoms with Crippen LogP contribution in [0.2, 0.25) is 0 Å². The Morgan fingerprint density at radius 3 is 3.18 bits per heavy atom. The van der Waals surface area contributed by atoms with E-state index in [-0.39, 0.29) is 12.4 Å². The van der Waals surface area contributed by atoms with Gasteiger partial charge in [-0.05, 0) is 12.2 Å². The van der Waals surface area contributed by atoms with Gasteiger partial charge in [0.15, 0.2) is 5.82 Å². The minimum atomic E-state index is -0.475. The molecule has 1 aliphatic heterocycles. The number of aryl methyl sites for hydroxylation is 1. The number of aromatic nitrogens is 2. The van der Waals surface area contributed by atoms with E-state index in [0.29, 0.717) is 18.1 Å². The summed E-state index contributed by atoms with van der Waals surface area (Å²) in [5.74, 6) is 2.52. The molecule has 0 saturated carbocycles. The summed E-state index contributed by atoms with van der Waals surface area (Å²) in [5, 5.41) is 3.90. The van der Waals surface area contributed by atoms with Crippen molar-refractivity contribution in [2.24, 2.45) is 5.73 Å². The van der Waals surface area contributed by atoms with E-state index < -0.39 is 5.54 Å². The van der Waals surface area contributed by atoms with E-state index in [0.717, 1.165) is 17.9 Å². The fourth-order valence-electron chi connectivity index (χ4n) is 1.63. The second-order valence-corrected chi connectivity index (χ2v) is 5.15. The van der Waals surface area contributed by atoms with Crippen LogP contribution in [0.1, 0.15) is 24.6 Å². The highest BCUT2D eigenvalue weighted by molar-refractivity contribution is 7.99. The van der Waals surface area contributed by atoms with Gasteiger partial charge in [-0.2, -0.15) is 16.7 Å². The smallest absolute Gasteiger partial charge is 0.306 e. The van der Waals surface area contributed by atoms with Gasteiger partial charge in [0.25, 0.3) is 0 Å². The van der Waals surface area contributed by atoms with Crippen LogP contribution in [0, 0.1) is 0 Å². The molecule has 1 atom stereocenters. The molecule has 0 radical (unpaired) electrons. The summed E-state index contributed by atoms with van der Waals surface area (Å²) < 4.78 is 9.62. The number of carbonyl (C=O) groups excluding carboxylic acids is 1. The summed E-state index contributed by atoms with van der Waals surface area (Å²) in [6, 6.07) is 0. The van der Waals surface area contributed by atoms with Gasteiger partial charge in [-0.15, -0.1) is 0 Å². The van der Waals surface area contributed by atoms with Crippen molar-refractivity contribution >= 4 is 17.7 Å². The maximum absolute atomic E-state index is 11.0. The van der Waals surface area contributed by atoms with Crippen molar-refractivity contribution in [3.8, 4) is 0 Å². The number of esters is 1. The molecule has 2 N–H and O–H groups in total. The van der Waals surface area contributed by atoms with Crippen molar-refractivity contribution in [2.75, 3.05) is 18.6 Å².